The van der Waals surface area contributed by atoms with Gasteiger partial charge in [0.25, 0.3) is 0 Å². The van der Waals surface area contributed by atoms with Gasteiger partial charge in [0, 0.05) is 43.2 Å². The lowest BCUT2D eigenvalue weighted by molar-refractivity contribution is 1.07. The first kappa shape index (κ1) is 30.1. The summed E-state index contributed by atoms with van der Waals surface area (Å²) in [6.45, 7) is 0. The zero-order valence-electron chi connectivity index (χ0n) is 26.4. The molecule has 0 atom stereocenters. The third-order valence-corrected chi connectivity index (χ3v) is 8.96. The van der Waals surface area contributed by atoms with Crippen molar-refractivity contribution in [1.29, 1.82) is 0 Å². The van der Waals surface area contributed by atoms with Crippen LogP contribution in [0.3, 0.4) is 0 Å². The maximum atomic E-state index is 5.02. The van der Waals surface area contributed by atoms with Gasteiger partial charge >= 0.3 is 0 Å². The van der Waals surface area contributed by atoms with E-state index in [0.29, 0.717) is 23.3 Å². The Balaban J connectivity index is 1.14. The van der Waals surface area contributed by atoms with Gasteiger partial charge in [-0.05, 0) is 30.3 Å². The van der Waals surface area contributed by atoms with E-state index in [4.69, 9.17) is 24.9 Å². The summed E-state index contributed by atoms with van der Waals surface area (Å²) >= 11 is 1.68. The molecule has 0 radical (unpaired) electrons. The predicted molar refractivity (Wildman–Crippen MR) is 199 cm³/mol. The number of nitrogens with zero attached hydrogens (tertiary/aromatic N) is 5. The minimum absolute atomic E-state index is 0.628. The normalized spacial score (nSPS) is 10.9. The van der Waals surface area contributed by atoms with Crippen molar-refractivity contribution in [3.8, 4) is 68.1 Å². The van der Waals surface area contributed by atoms with Crippen LogP contribution in [-0.2, 0) is 0 Å². The second-order valence-corrected chi connectivity index (χ2v) is 12.5. The van der Waals surface area contributed by atoms with E-state index < -0.39 is 0 Å². The highest BCUT2D eigenvalue weighted by Gasteiger charge is 2.14. The average molecular weight is 648 g/mol. The summed E-state index contributed by atoms with van der Waals surface area (Å²) < 4.78 is 0. The first-order chi connectivity index (χ1) is 24.2. The fourth-order valence-corrected chi connectivity index (χ4v) is 6.50. The summed E-state index contributed by atoms with van der Waals surface area (Å²) in [5.74, 6) is 2.59. The molecular formula is C43H29N5S. The summed E-state index contributed by atoms with van der Waals surface area (Å²) in [6.07, 6.45) is 0. The van der Waals surface area contributed by atoms with Crippen LogP contribution >= 0.6 is 11.8 Å². The van der Waals surface area contributed by atoms with Crippen LogP contribution in [0.15, 0.2) is 186 Å². The molecule has 6 heteroatoms. The summed E-state index contributed by atoms with van der Waals surface area (Å²) in [7, 11) is 0. The van der Waals surface area contributed by atoms with Gasteiger partial charge in [-0.15, -0.1) is 0 Å². The Morgan fingerprint density at radius 1 is 0.265 bits per heavy atom. The molecule has 49 heavy (non-hydrogen) atoms. The Labute approximate surface area is 289 Å². The van der Waals surface area contributed by atoms with Crippen molar-refractivity contribution in [3.63, 3.8) is 0 Å². The molecule has 8 rings (SSSR count). The molecule has 0 aliphatic carbocycles. The minimum Gasteiger partial charge on any atom is -0.228 e. The van der Waals surface area contributed by atoms with E-state index in [1.165, 1.54) is 0 Å². The quantitative estimate of drug-likeness (QED) is 0.164. The molecule has 0 N–H and O–H groups in total. The summed E-state index contributed by atoms with van der Waals surface area (Å²) in [4.78, 5) is 26.9. The van der Waals surface area contributed by atoms with Crippen molar-refractivity contribution < 1.29 is 0 Å². The zero-order valence-corrected chi connectivity index (χ0v) is 27.2. The Bertz CT molecular complexity index is 2070. The van der Waals surface area contributed by atoms with Crippen LogP contribution in [0.25, 0.3) is 68.1 Å². The largest absolute Gasteiger partial charge is 0.228 e. The van der Waals surface area contributed by atoms with Gasteiger partial charge in [-0.25, -0.2) is 24.9 Å². The van der Waals surface area contributed by atoms with Crippen molar-refractivity contribution in [1.82, 2.24) is 24.9 Å². The molecule has 6 aromatic carbocycles. The number of aromatic nitrogens is 5. The van der Waals surface area contributed by atoms with Gasteiger partial charge in [-0.2, -0.15) is 0 Å². The zero-order chi connectivity index (χ0) is 32.8. The van der Waals surface area contributed by atoms with E-state index in [-0.39, 0.29) is 0 Å². The first-order valence-electron chi connectivity index (χ1n) is 16.0. The highest BCUT2D eigenvalue weighted by Crippen LogP contribution is 2.34. The molecule has 232 valence electrons. The van der Waals surface area contributed by atoms with Gasteiger partial charge in [-0.1, -0.05) is 157 Å². The van der Waals surface area contributed by atoms with E-state index in [0.717, 1.165) is 54.6 Å². The maximum absolute atomic E-state index is 5.02. The van der Waals surface area contributed by atoms with Gasteiger partial charge in [0.05, 0.1) is 11.4 Å². The molecule has 0 spiro atoms. The van der Waals surface area contributed by atoms with Gasteiger partial charge in [0.15, 0.2) is 23.3 Å². The van der Waals surface area contributed by atoms with E-state index in [1.807, 2.05) is 109 Å². The van der Waals surface area contributed by atoms with Crippen LogP contribution in [-0.4, -0.2) is 24.9 Å². The Hall–Kier alpha value is -6.24. The van der Waals surface area contributed by atoms with Gasteiger partial charge < -0.3 is 0 Å². The van der Waals surface area contributed by atoms with Crippen LogP contribution in [0.1, 0.15) is 0 Å². The lowest BCUT2D eigenvalue weighted by Gasteiger charge is -2.11. The molecule has 0 aliphatic rings. The molecular weight excluding hydrogens is 619 g/mol. The van der Waals surface area contributed by atoms with Crippen molar-refractivity contribution in [2.75, 3.05) is 0 Å². The van der Waals surface area contributed by atoms with E-state index in [9.17, 15) is 0 Å². The first-order valence-corrected chi connectivity index (χ1v) is 16.8. The van der Waals surface area contributed by atoms with Crippen molar-refractivity contribution in [3.05, 3.63) is 176 Å². The molecule has 0 amide bonds. The van der Waals surface area contributed by atoms with Gasteiger partial charge in [0.2, 0.25) is 0 Å². The van der Waals surface area contributed by atoms with E-state index in [1.54, 1.807) is 11.8 Å². The van der Waals surface area contributed by atoms with Gasteiger partial charge in [0.1, 0.15) is 0 Å². The third kappa shape index (κ3) is 6.91. The van der Waals surface area contributed by atoms with Crippen LogP contribution in [0.4, 0.5) is 0 Å². The average Bonchev–Trinajstić information content (AvgIpc) is 3.19. The van der Waals surface area contributed by atoms with E-state index in [2.05, 4.69) is 66.7 Å². The number of benzene rings is 6. The number of rotatable bonds is 8. The summed E-state index contributed by atoms with van der Waals surface area (Å²) in [5.41, 5.74) is 7.64. The van der Waals surface area contributed by atoms with Crippen LogP contribution in [0.5, 0.6) is 0 Å². The number of hydrogen-bond acceptors (Lipinski definition) is 6. The van der Waals surface area contributed by atoms with Gasteiger partial charge in [-0.3, -0.25) is 0 Å². The Kier molecular flexibility index (Phi) is 8.52. The summed E-state index contributed by atoms with van der Waals surface area (Å²) in [5, 5.41) is 0. The van der Waals surface area contributed by atoms with Crippen LogP contribution in [0.2, 0.25) is 0 Å². The molecule has 0 bridgehead atoms. The summed E-state index contributed by atoms with van der Waals surface area (Å²) in [6, 6.07) is 59.4. The third-order valence-electron chi connectivity index (χ3n) is 7.98. The molecule has 2 heterocycles. The molecule has 2 aromatic heterocycles. The van der Waals surface area contributed by atoms with Crippen LogP contribution in [0, 0.1) is 0 Å². The molecule has 0 aliphatic heterocycles. The molecule has 8 aromatic rings. The monoisotopic (exact) mass is 647 g/mol. The Morgan fingerprint density at radius 3 is 1.00 bits per heavy atom. The maximum Gasteiger partial charge on any atom is 0.164 e. The lowest BCUT2D eigenvalue weighted by Crippen LogP contribution is -2.00. The second kappa shape index (κ2) is 13.9. The molecule has 0 fully saturated rings. The van der Waals surface area contributed by atoms with Crippen molar-refractivity contribution in [2.24, 2.45) is 0 Å². The Morgan fingerprint density at radius 2 is 0.592 bits per heavy atom. The highest BCUT2D eigenvalue weighted by molar-refractivity contribution is 7.99. The SMILES string of the molecule is c1ccc(-c2cc(-c3ccccc3)nc(-c3cccc(Sc4cccc(-c5nc(-c6ccccc6)nc(-c6ccccc6)n5)c4)c3)n2)cc1. The van der Waals surface area contributed by atoms with Crippen molar-refractivity contribution in [2.45, 2.75) is 9.79 Å². The van der Waals surface area contributed by atoms with Crippen molar-refractivity contribution >= 4 is 11.8 Å². The highest BCUT2D eigenvalue weighted by atomic mass is 32.2. The molecule has 0 saturated carbocycles. The van der Waals surface area contributed by atoms with Crippen LogP contribution < -0.4 is 0 Å². The molecule has 0 saturated heterocycles. The molecule has 0 unspecified atom stereocenters. The topological polar surface area (TPSA) is 64.5 Å². The smallest absolute Gasteiger partial charge is 0.164 e. The minimum atomic E-state index is 0.628. The van der Waals surface area contributed by atoms with E-state index >= 15 is 0 Å². The number of hydrogen-bond donors (Lipinski definition) is 0. The predicted octanol–water partition coefficient (Wildman–Crippen LogP) is 10.8. The second-order valence-electron chi connectivity index (χ2n) is 11.4. The molecule has 5 nitrogen and oxygen atoms in total. The fourth-order valence-electron chi connectivity index (χ4n) is 5.56. The lowest BCUT2D eigenvalue weighted by atomic mass is 10.1. The standard InChI is InChI=1S/C43H29N5S/c1-5-15-30(16-6-1)38-29-39(31-17-7-2-8-18-31)45-42(44-38)34-23-13-25-36(27-34)49-37-26-14-24-35(28-37)43-47-40(32-19-9-3-10-20-32)46-41(48-43)33-21-11-4-12-22-33/h1-29H. The fraction of sp³-hybridized carbons (Fsp3) is 0.